The third-order valence-electron chi connectivity index (χ3n) is 3.11. The number of hydrogen-bond donors (Lipinski definition) is 0. The Labute approximate surface area is 102 Å². The average Bonchev–Trinajstić information content (AvgIpc) is 2.40. The Morgan fingerprint density at radius 1 is 1.18 bits per heavy atom. The highest BCUT2D eigenvalue weighted by molar-refractivity contribution is 5.98. The standard InChI is InChI=1S/C15H18O2/c1-2-17-15(16)14-11-7-6-10-13(14)12-8-4-3-5-9-12/h3-5,8-9H,2,6-7,10-11H2,1H3. The normalized spacial score (nSPS) is 15.8. The van der Waals surface area contributed by atoms with Gasteiger partial charge in [0.05, 0.1) is 6.61 Å². The minimum atomic E-state index is -0.133. The van der Waals surface area contributed by atoms with Crippen molar-refractivity contribution >= 4 is 11.5 Å². The van der Waals surface area contributed by atoms with Crippen LogP contribution in [0.2, 0.25) is 0 Å². The summed E-state index contributed by atoms with van der Waals surface area (Å²) in [5, 5.41) is 0. The van der Waals surface area contributed by atoms with E-state index in [1.165, 1.54) is 5.57 Å². The molecule has 0 N–H and O–H groups in total. The van der Waals surface area contributed by atoms with Crippen molar-refractivity contribution in [1.29, 1.82) is 0 Å². The van der Waals surface area contributed by atoms with Crippen molar-refractivity contribution < 1.29 is 9.53 Å². The molecule has 2 rings (SSSR count). The van der Waals surface area contributed by atoms with Crippen LogP contribution in [0.3, 0.4) is 0 Å². The maximum atomic E-state index is 11.9. The summed E-state index contributed by atoms with van der Waals surface area (Å²) in [5.74, 6) is -0.133. The fourth-order valence-electron chi connectivity index (χ4n) is 2.31. The van der Waals surface area contributed by atoms with Gasteiger partial charge in [-0.15, -0.1) is 0 Å². The fraction of sp³-hybridized carbons (Fsp3) is 0.400. The maximum Gasteiger partial charge on any atom is 0.334 e. The Hall–Kier alpha value is -1.57. The van der Waals surface area contributed by atoms with E-state index in [-0.39, 0.29) is 5.97 Å². The third-order valence-corrected chi connectivity index (χ3v) is 3.11. The quantitative estimate of drug-likeness (QED) is 0.742. The lowest BCUT2D eigenvalue weighted by Crippen LogP contribution is -2.12. The van der Waals surface area contributed by atoms with Crippen molar-refractivity contribution in [2.75, 3.05) is 6.61 Å². The molecule has 1 aliphatic carbocycles. The van der Waals surface area contributed by atoms with E-state index in [1.54, 1.807) is 0 Å². The van der Waals surface area contributed by atoms with Crippen molar-refractivity contribution in [1.82, 2.24) is 0 Å². The zero-order chi connectivity index (χ0) is 12.1. The molecule has 0 unspecified atom stereocenters. The van der Waals surface area contributed by atoms with Gasteiger partial charge in [0.2, 0.25) is 0 Å². The van der Waals surface area contributed by atoms with Gasteiger partial charge in [0.25, 0.3) is 0 Å². The predicted molar refractivity (Wildman–Crippen MR) is 68.5 cm³/mol. The number of ether oxygens (including phenoxy) is 1. The summed E-state index contributed by atoms with van der Waals surface area (Å²) in [7, 11) is 0. The number of benzene rings is 1. The summed E-state index contributed by atoms with van der Waals surface area (Å²) in [6.07, 6.45) is 4.08. The molecule has 0 heterocycles. The van der Waals surface area contributed by atoms with Gasteiger partial charge in [-0.2, -0.15) is 0 Å². The SMILES string of the molecule is CCOC(=O)C1=C(c2ccccc2)CCCC1. The molecule has 0 saturated carbocycles. The van der Waals surface area contributed by atoms with Crippen molar-refractivity contribution in [3.05, 3.63) is 41.5 Å². The molecule has 0 aliphatic heterocycles. The summed E-state index contributed by atoms with van der Waals surface area (Å²) in [6, 6.07) is 10.2. The van der Waals surface area contributed by atoms with Gasteiger partial charge in [-0.3, -0.25) is 0 Å². The second-order valence-electron chi connectivity index (χ2n) is 4.25. The first-order chi connectivity index (χ1) is 8.33. The first kappa shape index (κ1) is 11.9. The van der Waals surface area contributed by atoms with Gasteiger partial charge in [-0.05, 0) is 43.7 Å². The molecule has 0 fully saturated rings. The summed E-state index contributed by atoms with van der Waals surface area (Å²) < 4.78 is 5.14. The molecule has 2 heteroatoms. The molecule has 1 aromatic rings. The number of hydrogen-bond acceptors (Lipinski definition) is 2. The molecule has 90 valence electrons. The number of carbonyl (C=O) groups excluding carboxylic acids is 1. The van der Waals surface area contributed by atoms with Gasteiger partial charge in [0, 0.05) is 5.57 Å². The van der Waals surface area contributed by atoms with E-state index < -0.39 is 0 Å². The van der Waals surface area contributed by atoms with E-state index in [0.717, 1.165) is 36.8 Å². The second-order valence-corrected chi connectivity index (χ2v) is 4.25. The highest BCUT2D eigenvalue weighted by Gasteiger charge is 2.20. The molecule has 0 amide bonds. The zero-order valence-electron chi connectivity index (χ0n) is 10.2. The zero-order valence-corrected chi connectivity index (χ0v) is 10.2. The van der Waals surface area contributed by atoms with Gasteiger partial charge >= 0.3 is 5.97 Å². The summed E-state index contributed by atoms with van der Waals surface area (Å²) in [6.45, 7) is 2.30. The molecule has 0 bridgehead atoms. The van der Waals surface area contributed by atoms with Crippen LogP contribution in [0.1, 0.15) is 38.2 Å². The topological polar surface area (TPSA) is 26.3 Å². The molecule has 0 spiro atoms. The Kier molecular flexibility index (Phi) is 3.97. The molecule has 0 atom stereocenters. The van der Waals surface area contributed by atoms with Crippen LogP contribution < -0.4 is 0 Å². The van der Waals surface area contributed by atoms with Gasteiger partial charge in [-0.1, -0.05) is 30.3 Å². The van der Waals surface area contributed by atoms with Gasteiger partial charge in [0.1, 0.15) is 0 Å². The lowest BCUT2D eigenvalue weighted by Gasteiger charge is -2.19. The smallest absolute Gasteiger partial charge is 0.334 e. The molecule has 0 radical (unpaired) electrons. The molecule has 1 aromatic carbocycles. The van der Waals surface area contributed by atoms with E-state index >= 15 is 0 Å². The number of esters is 1. The third kappa shape index (κ3) is 2.76. The number of allylic oxidation sites excluding steroid dienone is 1. The van der Waals surface area contributed by atoms with Crippen LogP contribution in [0.4, 0.5) is 0 Å². The highest BCUT2D eigenvalue weighted by Crippen LogP contribution is 2.32. The Morgan fingerprint density at radius 3 is 2.59 bits per heavy atom. The van der Waals surface area contributed by atoms with Crippen molar-refractivity contribution in [3.8, 4) is 0 Å². The van der Waals surface area contributed by atoms with E-state index in [9.17, 15) is 4.79 Å². The first-order valence-corrected chi connectivity index (χ1v) is 6.27. The van der Waals surface area contributed by atoms with Crippen LogP contribution in [0.15, 0.2) is 35.9 Å². The van der Waals surface area contributed by atoms with Crippen LogP contribution in [0.5, 0.6) is 0 Å². The summed E-state index contributed by atoms with van der Waals surface area (Å²) >= 11 is 0. The Bertz CT molecular complexity index is 418. The van der Waals surface area contributed by atoms with Crippen LogP contribution in [-0.2, 0) is 9.53 Å². The van der Waals surface area contributed by atoms with Crippen LogP contribution in [0.25, 0.3) is 5.57 Å². The molecule has 17 heavy (non-hydrogen) atoms. The van der Waals surface area contributed by atoms with E-state index in [2.05, 4.69) is 12.1 Å². The maximum absolute atomic E-state index is 11.9. The van der Waals surface area contributed by atoms with Crippen molar-refractivity contribution in [2.45, 2.75) is 32.6 Å². The van der Waals surface area contributed by atoms with Gasteiger partial charge in [-0.25, -0.2) is 4.79 Å². The monoisotopic (exact) mass is 230 g/mol. The molecular formula is C15H18O2. The van der Waals surface area contributed by atoms with E-state index in [4.69, 9.17) is 4.74 Å². The molecule has 0 aromatic heterocycles. The molecule has 2 nitrogen and oxygen atoms in total. The van der Waals surface area contributed by atoms with Gasteiger partial charge < -0.3 is 4.74 Å². The minimum Gasteiger partial charge on any atom is -0.463 e. The fourth-order valence-corrected chi connectivity index (χ4v) is 2.31. The van der Waals surface area contributed by atoms with E-state index in [1.807, 2.05) is 25.1 Å². The predicted octanol–water partition coefficient (Wildman–Crippen LogP) is 3.58. The van der Waals surface area contributed by atoms with Crippen LogP contribution in [-0.4, -0.2) is 12.6 Å². The van der Waals surface area contributed by atoms with Crippen molar-refractivity contribution in [3.63, 3.8) is 0 Å². The number of rotatable bonds is 3. The second kappa shape index (κ2) is 5.67. The Morgan fingerprint density at radius 2 is 1.88 bits per heavy atom. The lowest BCUT2D eigenvalue weighted by molar-refractivity contribution is -0.138. The number of carbonyl (C=O) groups is 1. The molecular weight excluding hydrogens is 212 g/mol. The van der Waals surface area contributed by atoms with Crippen molar-refractivity contribution in [2.24, 2.45) is 0 Å². The molecule has 1 aliphatic rings. The lowest BCUT2D eigenvalue weighted by atomic mass is 9.87. The average molecular weight is 230 g/mol. The molecule has 0 saturated heterocycles. The first-order valence-electron chi connectivity index (χ1n) is 6.27. The minimum absolute atomic E-state index is 0.133. The van der Waals surface area contributed by atoms with Crippen LogP contribution >= 0.6 is 0 Å². The largest absolute Gasteiger partial charge is 0.463 e. The van der Waals surface area contributed by atoms with Crippen LogP contribution in [0, 0.1) is 0 Å². The Balaban J connectivity index is 2.35. The summed E-state index contributed by atoms with van der Waals surface area (Å²) in [4.78, 5) is 11.9. The van der Waals surface area contributed by atoms with Gasteiger partial charge in [0.15, 0.2) is 0 Å². The highest BCUT2D eigenvalue weighted by atomic mass is 16.5. The summed E-state index contributed by atoms with van der Waals surface area (Å²) in [5.41, 5.74) is 3.22. The van der Waals surface area contributed by atoms with E-state index in [0.29, 0.717) is 6.61 Å².